The van der Waals surface area contributed by atoms with Crippen molar-refractivity contribution < 1.29 is 4.79 Å². The SMILES string of the molecule is CC(=O)NCCCBr. The van der Waals surface area contributed by atoms with E-state index in [1.54, 1.807) is 0 Å². The number of alkyl halides is 1. The highest BCUT2D eigenvalue weighted by molar-refractivity contribution is 9.09. The molecular formula is C5H10BrNO. The molecule has 0 aliphatic rings. The van der Waals surface area contributed by atoms with Gasteiger partial charge >= 0.3 is 0 Å². The van der Waals surface area contributed by atoms with Crippen LogP contribution in [0, 0.1) is 0 Å². The van der Waals surface area contributed by atoms with Gasteiger partial charge in [-0.1, -0.05) is 15.9 Å². The van der Waals surface area contributed by atoms with Crippen LogP contribution in [-0.2, 0) is 4.79 Å². The van der Waals surface area contributed by atoms with E-state index < -0.39 is 0 Å². The van der Waals surface area contributed by atoms with Crippen molar-refractivity contribution in [2.45, 2.75) is 13.3 Å². The molecule has 0 bridgehead atoms. The third-order valence-electron chi connectivity index (χ3n) is 0.684. The molecule has 0 heterocycles. The normalized spacial score (nSPS) is 8.75. The first-order valence-corrected chi connectivity index (χ1v) is 3.70. The molecule has 0 aliphatic carbocycles. The monoisotopic (exact) mass is 179 g/mol. The zero-order chi connectivity index (χ0) is 6.41. The molecule has 0 aromatic rings. The van der Waals surface area contributed by atoms with Crippen LogP contribution in [0.5, 0.6) is 0 Å². The number of rotatable bonds is 3. The lowest BCUT2D eigenvalue weighted by Gasteiger charge is -1.95. The maximum Gasteiger partial charge on any atom is 0.216 e. The minimum atomic E-state index is 0.0472. The Bertz CT molecular complexity index is 74.8. The van der Waals surface area contributed by atoms with Gasteiger partial charge in [-0.05, 0) is 6.42 Å². The molecular weight excluding hydrogens is 170 g/mol. The van der Waals surface area contributed by atoms with Crippen molar-refractivity contribution >= 4 is 21.8 Å². The van der Waals surface area contributed by atoms with Crippen molar-refractivity contribution in [3.8, 4) is 0 Å². The van der Waals surface area contributed by atoms with Gasteiger partial charge in [0.25, 0.3) is 0 Å². The van der Waals surface area contributed by atoms with Gasteiger partial charge in [0.2, 0.25) is 5.91 Å². The highest BCUT2D eigenvalue weighted by Crippen LogP contribution is 1.83. The highest BCUT2D eigenvalue weighted by atomic mass is 79.9. The van der Waals surface area contributed by atoms with Crippen LogP contribution in [0.1, 0.15) is 13.3 Å². The molecule has 0 atom stereocenters. The molecule has 48 valence electrons. The summed E-state index contributed by atoms with van der Waals surface area (Å²) in [5.41, 5.74) is 0. The average molecular weight is 180 g/mol. The molecule has 2 nitrogen and oxygen atoms in total. The summed E-state index contributed by atoms with van der Waals surface area (Å²) in [5.74, 6) is 0.0472. The quantitative estimate of drug-likeness (QED) is 0.507. The second kappa shape index (κ2) is 5.09. The Labute approximate surface area is 57.8 Å². The second-order valence-electron chi connectivity index (χ2n) is 1.53. The van der Waals surface area contributed by atoms with Gasteiger partial charge in [-0.25, -0.2) is 0 Å². The molecule has 0 saturated heterocycles. The molecule has 0 aromatic carbocycles. The van der Waals surface area contributed by atoms with Gasteiger partial charge in [-0.2, -0.15) is 0 Å². The summed E-state index contributed by atoms with van der Waals surface area (Å²) in [4.78, 5) is 10.2. The minimum absolute atomic E-state index is 0.0472. The van der Waals surface area contributed by atoms with Gasteiger partial charge in [0.1, 0.15) is 0 Å². The van der Waals surface area contributed by atoms with Gasteiger partial charge < -0.3 is 5.32 Å². The van der Waals surface area contributed by atoms with Crippen LogP contribution in [0.3, 0.4) is 0 Å². The Morgan fingerprint density at radius 3 is 2.75 bits per heavy atom. The van der Waals surface area contributed by atoms with Crippen LogP contribution in [0.25, 0.3) is 0 Å². The van der Waals surface area contributed by atoms with Gasteiger partial charge in [0.05, 0.1) is 0 Å². The number of amides is 1. The van der Waals surface area contributed by atoms with Crippen molar-refractivity contribution in [2.75, 3.05) is 11.9 Å². The van der Waals surface area contributed by atoms with E-state index in [0.29, 0.717) is 0 Å². The van der Waals surface area contributed by atoms with Crippen molar-refractivity contribution in [3.63, 3.8) is 0 Å². The summed E-state index contributed by atoms with van der Waals surface area (Å²) in [6, 6.07) is 0. The molecule has 0 saturated carbocycles. The average Bonchev–Trinajstić information content (AvgIpc) is 1.66. The molecule has 8 heavy (non-hydrogen) atoms. The van der Waals surface area contributed by atoms with E-state index in [1.165, 1.54) is 6.92 Å². The Balaban J connectivity index is 2.82. The Hall–Kier alpha value is -0.0500. The molecule has 0 unspecified atom stereocenters. The molecule has 0 aliphatic heterocycles. The van der Waals surface area contributed by atoms with Crippen molar-refractivity contribution in [3.05, 3.63) is 0 Å². The summed E-state index contributed by atoms with van der Waals surface area (Å²) in [6.07, 6.45) is 1.000. The summed E-state index contributed by atoms with van der Waals surface area (Å²) in [5, 5.41) is 3.63. The predicted octanol–water partition coefficient (Wildman–Crippen LogP) is 0.907. The van der Waals surface area contributed by atoms with E-state index in [-0.39, 0.29) is 5.91 Å². The number of hydrogen-bond donors (Lipinski definition) is 1. The van der Waals surface area contributed by atoms with Gasteiger partial charge in [-0.15, -0.1) is 0 Å². The highest BCUT2D eigenvalue weighted by Gasteiger charge is 1.86. The Morgan fingerprint density at radius 2 is 2.38 bits per heavy atom. The van der Waals surface area contributed by atoms with Crippen LogP contribution in [0.4, 0.5) is 0 Å². The van der Waals surface area contributed by atoms with Crippen LogP contribution in [-0.4, -0.2) is 17.8 Å². The lowest BCUT2D eigenvalue weighted by atomic mass is 10.5. The summed E-state index contributed by atoms with van der Waals surface area (Å²) in [6.45, 7) is 2.30. The zero-order valence-corrected chi connectivity index (χ0v) is 6.49. The van der Waals surface area contributed by atoms with Crippen molar-refractivity contribution in [1.82, 2.24) is 5.32 Å². The molecule has 0 rings (SSSR count). The Morgan fingerprint density at radius 1 is 1.75 bits per heavy atom. The van der Waals surface area contributed by atoms with Gasteiger partial charge in [0, 0.05) is 18.8 Å². The fourth-order valence-corrected chi connectivity index (χ4v) is 0.612. The molecule has 0 radical (unpaired) electrons. The first kappa shape index (κ1) is 7.95. The minimum Gasteiger partial charge on any atom is -0.356 e. The van der Waals surface area contributed by atoms with E-state index in [9.17, 15) is 4.79 Å². The molecule has 0 aromatic heterocycles. The number of carbonyl (C=O) groups excluding carboxylic acids is 1. The van der Waals surface area contributed by atoms with Gasteiger partial charge in [-0.3, -0.25) is 4.79 Å². The maximum absolute atomic E-state index is 10.2. The van der Waals surface area contributed by atoms with Crippen LogP contribution in [0.2, 0.25) is 0 Å². The Kier molecular flexibility index (Phi) is 5.06. The number of nitrogens with one attached hydrogen (secondary N) is 1. The summed E-state index contributed by atoms with van der Waals surface area (Å²) in [7, 11) is 0. The smallest absolute Gasteiger partial charge is 0.216 e. The zero-order valence-electron chi connectivity index (χ0n) is 4.91. The first-order chi connectivity index (χ1) is 3.77. The van der Waals surface area contributed by atoms with Crippen molar-refractivity contribution in [2.24, 2.45) is 0 Å². The number of halogens is 1. The molecule has 1 N–H and O–H groups in total. The van der Waals surface area contributed by atoms with Crippen LogP contribution in [0.15, 0.2) is 0 Å². The van der Waals surface area contributed by atoms with E-state index in [4.69, 9.17) is 0 Å². The van der Waals surface area contributed by atoms with E-state index in [0.717, 1.165) is 18.3 Å². The third-order valence-corrected chi connectivity index (χ3v) is 1.25. The van der Waals surface area contributed by atoms with Crippen molar-refractivity contribution in [1.29, 1.82) is 0 Å². The lowest BCUT2D eigenvalue weighted by molar-refractivity contribution is -0.118. The van der Waals surface area contributed by atoms with E-state index in [2.05, 4.69) is 21.2 Å². The predicted molar refractivity (Wildman–Crippen MR) is 37.1 cm³/mol. The summed E-state index contributed by atoms with van der Waals surface area (Å²) >= 11 is 3.25. The molecule has 0 spiro atoms. The second-order valence-corrected chi connectivity index (χ2v) is 2.32. The van der Waals surface area contributed by atoms with Gasteiger partial charge in [0.15, 0.2) is 0 Å². The van der Waals surface area contributed by atoms with E-state index in [1.807, 2.05) is 0 Å². The van der Waals surface area contributed by atoms with Crippen LogP contribution < -0.4 is 5.32 Å². The maximum atomic E-state index is 10.2. The topological polar surface area (TPSA) is 29.1 Å². The largest absolute Gasteiger partial charge is 0.356 e. The van der Waals surface area contributed by atoms with E-state index >= 15 is 0 Å². The summed E-state index contributed by atoms with van der Waals surface area (Å²) < 4.78 is 0. The molecule has 1 amide bonds. The first-order valence-electron chi connectivity index (χ1n) is 2.57. The molecule has 3 heteroatoms. The van der Waals surface area contributed by atoms with Crippen LogP contribution >= 0.6 is 15.9 Å². The fourth-order valence-electron chi connectivity index (χ4n) is 0.331. The number of carbonyl (C=O) groups is 1. The molecule has 0 fully saturated rings. The lowest BCUT2D eigenvalue weighted by Crippen LogP contribution is -2.20. The standard InChI is InChI=1S/C5H10BrNO/c1-5(8)7-4-2-3-6/h2-4H2,1H3,(H,7,8). The number of hydrogen-bond acceptors (Lipinski definition) is 1. The fraction of sp³-hybridized carbons (Fsp3) is 0.800. The third kappa shape index (κ3) is 5.95.